The highest BCUT2D eigenvalue weighted by molar-refractivity contribution is 6.04. The zero-order chi connectivity index (χ0) is 21.3. The van der Waals surface area contributed by atoms with Crippen LogP contribution in [0.4, 0.5) is 5.69 Å². The van der Waals surface area contributed by atoms with Gasteiger partial charge in [-0.05, 0) is 55.5 Å². The lowest BCUT2D eigenvalue weighted by molar-refractivity contribution is 0.0913. The molecule has 8 nitrogen and oxygen atoms in total. The zero-order valence-electron chi connectivity index (χ0n) is 17.1. The van der Waals surface area contributed by atoms with Gasteiger partial charge in [0.1, 0.15) is 6.04 Å². The molecule has 3 aromatic rings. The van der Waals surface area contributed by atoms with Gasteiger partial charge in [0.2, 0.25) is 5.89 Å². The summed E-state index contributed by atoms with van der Waals surface area (Å²) in [6.07, 6.45) is 3.59. The summed E-state index contributed by atoms with van der Waals surface area (Å²) in [6, 6.07) is 7.97. The van der Waals surface area contributed by atoms with Gasteiger partial charge in [0.05, 0.1) is 6.26 Å². The van der Waals surface area contributed by atoms with E-state index in [0.29, 0.717) is 28.9 Å². The Morgan fingerprint density at radius 1 is 1.17 bits per heavy atom. The third-order valence-electron chi connectivity index (χ3n) is 5.11. The van der Waals surface area contributed by atoms with Crippen molar-refractivity contribution in [2.24, 2.45) is 5.92 Å². The Bertz CT molecular complexity index is 1050. The van der Waals surface area contributed by atoms with Gasteiger partial charge in [-0.15, -0.1) is 0 Å². The number of benzene rings is 1. The average Bonchev–Trinajstić information content (AvgIpc) is 3.21. The first-order valence-corrected chi connectivity index (χ1v) is 10.0. The Morgan fingerprint density at radius 3 is 2.63 bits per heavy atom. The van der Waals surface area contributed by atoms with Crippen molar-refractivity contribution >= 4 is 17.5 Å². The van der Waals surface area contributed by atoms with E-state index in [0.717, 1.165) is 18.4 Å². The van der Waals surface area contributed by atoms with Gasteiger partial charge in [-0.2, -0.15) is 4.98 Å². The Morgan fingerprint density at radius 2 is 1.97 bits per heavy atom. The van der Waals surface area contributed by atoms with Crippen LogP contribution in [0.1, 0.15) is 76.8 Å². The zero-order valence-corrected chi connectivity index (χ0v) is 17.1. The van der Waals surface area contributed by atoms with Crippen molar-refractivity contribution in [1.29, 1.82) is 0 Å². The van der Waals surface area contributed by atoms with Crippen molar-refractivity contribution in [3.05, 3.63) is 65.2 Å². The molecule has 2 N–H and O–H groups in total. The van der Waals surface area contributed by atoms with Crippen LogP contribution in [0.15, 0.2) is 45.5 Å². The summed E-state index contributed by atoms with van der Waals surface area (Å²) in [6.45, 7) is 5.82. The maximum absolute atomic E-state index is 12.9. The van der Waals surface area contributed by atoms with E-state index < -0.39 is 6.04 Å². The Kier molecular flexibility index (Phi) is 5.39. The van der Waals surface area contributed by atoms with Gasteiger partial charge in [-0.3, -0.25) is 9.59 Å². The summed E-state index contributed by atoms with van der Waals surface area (Å²) in [4.78, 5) is 29.7. The van der Waals surface area contributed by atoms with E-state index in [9.17, 15) is 9.59 Å². The second kappa shape index (κ2) is 8.14. The van der Waals surface area contributed by atoms with Gasteiger partial charge >= 0.3 is 0 Å². The van der Waals surface area contributed by atoms with E-state index in [1.807, 2.05) is 20.8 Å². The quantitative estimate of drug-likeness (QED) is 0.605. The van der Waals surface area contributed by atoms with Crippen LogP contribution in [0.5, 0.6) is 0 Å². The molecular weight excluding hydrogens is 384 g/mol. The largest absolute Gasteiger partial charge is 0.459 e. The van der Waals surface area contributed by atoms with Crippen LogP contribution in [0.2, 0.25) is 0 Å². The van der Waals surface area contributed by atoms with Gasteiger partial charge < -0.3 is 19.6 Å². The molecule has 0 aliphatic heterocycles. The molecular formula is C22H24N4O4. The third kappa shape index (κ3) is 4.27. The van der Waals surface area contributed by atoms with Crippen molar-refractivity contribution in [1.82, 2.24) is 15.5 Å². The lowest BCUT2D eigenvalue weighted by Gasteiger charge is -2.19. The second-order valence-corrected chi connectivity index (χ2v) is 7.92. The van der Waals surface area contributed by atoms with E-state index in [1.54, 1.807) is 30.3 Å². The molecule has 156 valence electrons. The summed E-state index contributed by atoms with van der Waals surface area (Å²) in [5.41, 5.74) is 1.79. The minimum Gasteiger partial charge on any atom is -0.459 e. The van der Waals surface area contributed by atoms with Crippen LogP contribution in [-0.2, 0) is 0 Å². The normalized spacial score (nSPS) is 14.5. The van der Waals surface area contributed by atoms with E-state index in [-0.39, 0.29) is 23.5 Å². The molecule has 1 unspecified atom stereocenters. The minimum atomic E-state index is -0.403. The summed E-state index contributed by atoms with van der Waals surface area (Å²) in [5, 5.41) is 9.82. The number of aryl methyl sites for hydroxylation is 1. The van der Waals surface area contributed by atoms with E-state index in [4.69, 9.17) is 8.94 Å². The molecule has 2 amide bonds. The predicted molar refractivity (Wildman–Crippen MR) is 109 cm³/mol. The molecule has 4 rings (SSSR count). The highest BCUT2D eigenvalue weighted by atomic mass is 16.5. The summed E-state index contributed by atoms with van der Waals surface area (Å²) in [5.74, 6) is 1.11. The fourth-order valence-corrected chi connectivity index (χ4v) is 3.11. The molecule has 1 fully saturated rings. The Labute approximate surface area is 174 Å². The monoisotopic (exact) mass is 408 g/mol. The third-order valence-corrected chi connectivity index (χ3v) is 5.11. The number of amides is 2. The van der Waals surface area contributed by atoms with Gasteiger partial charge in [-0.25, -0.2) is 0 Å². The molecule has 1 atom stereocenters. The topological polar surface area (TPSA) is 110 Å². The molecule has 0 radical (unpaired) electrons. The van der Waals surface area contributed by atoms with E-state index in [2.05, 4.69) is 20.8 Å². The van der Waals surface area contributed by atoms with Crippen molar-refractivity contribution in [3.63, 3.8) is 0 Å². The molecule has 0 spiro atoms. The van der Waals surface area contributed by atoms with Crippen molar-refractivity contribution in [2.75, 3.05) is 5.32 Å². The van der Waals surface area contributed by atoms with Crippen LogP contribution < -0.4 is 10.6 Å². The maximum atomic E-state index is 12.9. The first kappa shape index (κ1) is 19.9. The number of nitrogens with one attached hydrogen (secondary N) is 2. The smallest absolute Gasteiger partial charge is 0.291 e. The van der Waals surface area contributed by atoms with E-state index in [1.165, 1.54) is 6.26 Å². The van der Waals surface area contributed by atoms with Crippen LogP contribution >= 0.6 is 0 Å². The molecule has 1 saturated carbocycles. The molecule has 1 aliphatic carbocycles. The number of aromatic nitrogens is 2. The van der Waals surface area contributed by atoms with Gasteiger partial charge in [0.15, 0.2) is 11.6 Å². The molecule has 0 saturated heterocycles. The first-order valence-electron chi connectivity index (χ1n) is 10.0. The van der Waals surface area contributed by atoms with Crippen molar-refractivity contribution in [3.8, 4) is 0 Å². The van der Waals surface area contributed by atoms with Crippen molar-refractivity contribution < 1.29 is 18.5 Å². The van der Waals surface area contributed by atoms with Crippen LogP contribution in [0.3, 0.4) is 0 Å². The van der Waals surface area contributed by atoms with Crippen LogP contribution in [0.25, 0.3) is 0 Å². The molecule has 1 aromatic carbocycles. The Hall–Kier alpha value is -3.42. The number of hydrogen-bond donors (Lipinski definition) is 2. The van der Waals surface area contributed by atoms with Gasteiger partial charge in [0, 0.05) is 17.2 Å². The number of nitrogens with zero attached hydrogens (tertiary/aromatic N) is 2. The fourth-order valence-electron chi connectivity index (χ4n) is 3.11. The number of carbonyl (C=O) groups excluding carboxylic acids is 2. The minimum absolute atomic E-state index is 0.0602. The summed E-state index contributed by atoms with van der Waals surface area (Å²) in [7, 11) is 0. The number of carbonyl (C=O) groups is 2. The molecule has 1 aliphatic rings. The second-order valence-electron chi connectivity index (χ2n) is 7.92. The SMILES string of the molecule is Cc1ccc(C(=O)NC(c2nc(C3CC3)no2)C(C)C)cc1NC(=O)c1ccco1. The Balaban J connectivity index is 1.50. The molecule has 2 aromatic heterocycles. The number of furan rings is 1. The molecule has 0 bridgehead atoms. The lowest BCUT2D eigenvalue weighted by atomic mass is 10.0. The standard InChI is InChI=1S/C22H24N4O4/c1-12(2)18(22-25-19(26-30-22)14-8-9-14)24-20(27)15-7-6-13(3)16(11-15)23-21(28)17-5-4-10-29-17/h4-7,10-12,14,18H,8-9H2,1-3H3,(H,23,28)(H,24,27). The lowest BCUT2D eigenvalue weighted by Crippen LogP contribution is -2.32. The predicted octanol–water partition coefficient (Wildman–Crippen LogP) is 4.23. The van der Waals surface area contributed by atoms with Crippen molar-refractivity contribution in [2.45, 2.75) is 45.6 Å². The van der Waals surface area contributed by atoms with Gasteiger partial charge in [0.25, 0.3) is 11.8 Å². The highest BCUT2D eigenvalue weighted by Crippen LogP contribution is 2.38. The van der Waals surface area contributed by atoms with Crippen LogP contribution in [-0.4, -0.2) is 22.0 Å². The number of anilines is 1. The van der Waals surface area contributed by atoms with E-state index >= 15 is 0 Å². The number of hydrogen-bond acceptors (Lipinski definition) is 6. The molecule has 8 heteroatoms. The summed E-state index contributed by atoms with van der Waals surface area (Å²) >= 11 is 0. The average molecular weight is 408 g/mol. The van der Waals surface area contributed by atoms with Gasteiger partial charge in [-0.1, -0.05) is 25.1 Å². The number of rotatable bonds is 7. The highest BCUT2D eigenvalue weighted by Gasteiger charge is 2.31. The molecule has 2 heterocycles. The maximum Gasteiger partial charge on any atom is 0.291 e. The summed E-state index contributed by atoms with van der Waals surface area (Å²) < 4.78 is 10.5. The molecule has 30 heavy (non-hydrogen) atoms. The van der Waals surface area contributed by atoms with Crippen LogP contribution in [0, 0.1) is 12.8 Å². The fraction of sp³-hybridized carbons (Fsp3) is 0.364. The first-order chi connectivity index (χ1) is 14.4.